The monoisotopic (exact) mass is 397 g/mol. The van der Waals surface area contributed by atoms with Crippen molar-refractivity contribution < 1.29 is 9.59 Å². The summed E-state index contributed by atoms with van der Waals surface area (Å²) in [4.78, 5) is 29.1. The highest BCUT2D eigenvalue weighted by molar-refractivity contribution is 6.06. The average Bonchev–Trinajstić information content (AvgIpc) is 3.21. The van der Waals surface area contributed by atoms with Gasteiger partial charge in [-0.2, -0.15) is 5.10 Å². The predicted octanol–water partition coefficient (Wildman–Crippen LogP) is 4.28. The first kappa shape index (κ1) is 19.1. The molecule has 4 rings (SSSR count). The number of aryl methyl sites for hydroxylation is 1. The molecule has 3 N–H and O–H groups in total. The molecule has 0 atom stereocenters. The average molecular weight is 397 g/mol. The Kier molecular flexibility index (Phi) is 5.34. The largest absolute Gasteiger partial charge is 0.322 e. The lowest BCUT2D eigenvalue weighted by atomic mass is 10.1. The summed E-state index contributed by atoms with van der Waals surface area (Å²) >= 11 is 0. The third-order valence-corrected chi connectivity index (χ3v) is 4.42. The SMILES string of the molecule is Cc1nc(-c2cccc(NC(=O)c3ccc(NC(=O)c4ccccc4)cc3)c2)n[nH]1. The van der Waals surface area contributed by atoms with Gasteiger partial charge in [-0.05, 0) is 55.5 Å². The summed E-state index contributed by atoms with van der Waals surface area (Å²) in [6.45, 7) is 1.83. The maximum absolute atomic E-state index is 12.6. The number of hydrogen-bond acceptors (Lipinski definition) is 4. The van der Waals surface area contributed by atoms with Gasteiger partial charge in [0, 0.05) is 28.1 Å². The van der Waals surface area contributed by atoms with Gasteiger partial charge in [-0.3, -0.25) is 14.7 Å². The molecule has 1 aromatic heterocycles. The molecule has 30 heavy (non-hydrogen) atoms. The van der Waals surface area contributed by atoms with Crippen molar-refractivity contribution in [2.45, 2.75) is 6.92 Å². The predicted molar refractivity (Wildman–Crippen MR) is 115 cm³/mol. The van der Waals surface area contributed by atoms with E-state index in [1.807, 2.05) is 31.2 Å². The standard InChI is InChI=1S/C23H19N5O2/c1-15-24-21(28-27-15)18-8-5-9-20(14-18)26-23(30)17-10-12-19(13-11-17)25-22(29)16-6-3-2-4-7-16/h2-14H,1H3,(H,25,29)(H,26,30)(H,24,27,28). The molecule has 3 aromatic carbocycles. The third-order valence-electron chi connectivity index (χ3n) is 4.42. The molecule has 0 aliphatic carbocycles. The van der Waals surface area contributed by atoms with Gasteiger partial charge in [0.25, 0.3) is 11.8 Å². The van der Waals surface area contributed by atoms with Gasteiger partial charge in [-0.25, -0.2) is 4.98 Å². The van der Waals surface area contributed by atoms with E-state index in [1.165, 1.54) is 0 Å². The molecule has 0 spiro atoms. The zero-order chi connectivity index (χ0) is 20.9. The van der Waals surface area contributed by atoms with Gasteiger partial charge in [-0.15, -0.1) is 0 Å². The van der Waals surface area contributed by atoms with Crippen LogP contribution in [0.25, 0.3) is 11.4 Å². The van der Waals surface area contributed by atoms with E-state index in [0.29, 0.717) is 28.3 Å². The second-order valence-electron chi connectivity index (χ2n) is 6.68. The molecule has 0 aliphatic rings. The summed E-state index contributed by atoms with van der Waals surface area (Å²) in [5.74, 6) is 0.840. The summed E-state index contributed by atoms with van der Waals surface area (Å²) in [6, 6.07) is 23.0. The number of nitrogens with one attached hydrogen (secondary N) is 3. The minimum atomic E-state index is -0.251. The zero-order valence-corrected chi connectivity index (χ0v) is 16.2. The van der Waals surface area contributed by atoms with E-state index in [1.54, 1.807) is 54.6 Å². The van der Waals surface area contributed by atoms with Gasteiger partial charge >= 0.3 is 0 Å². The van der Waals surface area contributed by atoms with Crippen LogP contribution in [-0.2, 0) is 0 Å². The summed E-state index contributed by atoms with van der Waals surface area (Å²) in [6.07, 6.45) is 0. The van der Waals surface area contributed by atoms with Crippen molar-refractivity contribution >= 4 is 23.2 Å². The Labute approximate surface area is 173 Å². The molecule has 148 valence electrons. The molecule has 0 saturated heterocycles. The lowest BCUT2D eigenvalue weighted by molar-refractivity contribution is 0.102. The maximum atomic E-state index is 12.6. The van der Waals surface area contributed by atoms with E-state index >= 15 is 0 Å². The van der Waals surface area contributed by atoms with Gasteiger partial charge in [0.05, 0.1) is 0 Å². The number of nitrogens with zero attached hydrogens (tertiary/aromatic N) is 2. The first-order chi connectivity index (χ1) is 14.6. The summed E-state index contributed by atoms with van der Waals surface area (Å²) in [5, 5.41) is 12.6. The first-order valence-corrected chi connectivity index (χ1v) is 9.36. The van der Waals surface area contributed by atoms with Crippen molar-refractivity contribution in [3.63, 3.8) is 0 Å². The van der Waals surface area contributed by atoms with Crippen LogP contribution in [0.4, 0.5) is 11.4 Å². The second-order valence-corrected chi connectivity index (χ2v) is 6.68. The normalized spacial score (nSPS) is 10.4. The Morgan fingerprint density at radius 2 is 1.43 bits per heavy atom. The van der Waals surface area contributed by atoms with E-state index in [-0.39, 0.29) is 11.8 Å². The number of anilines is 2. The van der Waals surface area contributed by atoms with Gasteiger partial charge in [0.15, 0.2) is 5.82 Å². The molecule has 7 nitrogen and oxygen atoms in total. The van der Waals surface area contributed by atoms with Crippen LogP contribution >= 0.6 is 0 Å². The molecule has 1 heterocycles. The van der Waals surface area contributed by atoms with E-state index < -0.39 is 0 Å². The number of aromatic nitrogens is 3. The molecule has 2 amide bonds. The first-order valence-electron chi connectivity index (χ1n) is 9.36. The lowest BCUT2D eigenvalue weighted by Crippen LogP contribution is -2.13. The van der Waals surface area contributed by atoms with Crippen LogP contribution < -0.4 is 10.6 Å². The molecule has 7 heteroatoms. The van der Waals surface area contributed by atoms with Crippen LogP contribution in [0.2, 0.25) is 0 Å². The minimum absolute atomic E-state index is 0.202. The fourth-order valence-electron chi connectivity index (χ4n) is 2.91. The van der Waals surface area contributed by atoms with Crippen LogP contribution in [-0.4, -0.2) is 27.0 Å². The van der Waals surface area contributed by atoms with Gasteiger partial charge in [-0.1, -0.05) is 30.3 Å². The zero-order valence-electron chi connectivity index (χ0n) is 16.2. The van der Waals surface area contributed by atoms with Gasteiger partial charge < -0.3 is 10.6 Å². The quantitative estimate of drug-likeness (QED) is 0.468. The van der Waals surface area contributed by atoms with Crippen molar-refractivity contribution in [2.24, 2.45) is 0 Å². The maximum Gasteiger partial charge on any atom is 0.255 e. The molecule has 0 radical (unpaired) electrons. The Balaban J connectivity index is 1.42. The highest BCUT2D eigenvalue weighted by atomic mass is 16.2. The number of aromatic amines is 1. The summed E-state index contributed by atoms with van der Waals surface area (Å²) in [7, 11) is 0. The lowest BCUT2D eigenvalue weighted by Gasteiger charge is -2.08. The van der Waals surface area contributed by atoms with E-state index in [0.717, 1.165) is 11.4 Å². The third kappa shape index (κ3) is 4.41. The Morgan fingerprint density at radius 3 is 2.10 bits per heavy atom. The van der Waals surface area contributed by atoms with Crippen molar-refractivity contribution in [3.05, 3.63) is 95.8 Å². The molecule has 0 fully saturated rings. The topological polar surface area (TPSA) is 99.8 Å². The van der Waals surface area contributed by atoms with Crippen LogP contribution in [0.3, 0.4) is 0 Å². The molecule has 0 saturated carbocycles. The number of hydrogen-bond donors (Lipinski definition) is 3. The van der Waals surface area contributed by atoms with Crippen molar-refractivity contribution in [3.8, 4) is 11.4 Å². The fourth-order valence-corrected chi connectivity index (χ4v) is 2.91. The van der Waals surface area contributed by atoms with Crippen LogP contribution in [0, 0.1) is 6.92 Å². The fraction of sp³-hybridized carbons (Fsp3) is 0.0435. The minimum Gasteiger partial charge on any atom is -0.322 e. The molecule has 0 bridgehead atoms. The molecule has 0 unspecified atom stereocenters. The highest BCUT2D eigenvalue weighted by Gasteiger charge is 2.10. The molecular weight excluding hydrogens is 378 g/mol. The molecular formula is C23H19N5O2. The van der Waals surface area contributed by atoms with Gasteiger partial charge in [0.2, 0.25) is 0 Å². The number of benzene rings is 3. The molecule has 0 aliphatic heterocycles. The van der Waals surface area contributed by atoms with Crippen LogP contribution in [0.5, 0.6) is 0 Å². The van der Waals surface area contributed by atoms with Crippen LogP contribution in [0.15, 0.2) is 78.9 Å². The molecule has 4 aromatic rings. The van der Waals surface area contributed by atoms with E-state index in [9.17, 15) is 9.59 Å². The van der Waals surface area contributed by atoms with E-state index in [4.69, 9.17) is 0 Å². The smallest absolute Gasteiger partial charge is 0.255 e. The van der Waals surface area contributed by atoms with Crippen molar-refractivity contribution in [2.75, 3.05) is 10.6 Å². The van der Waals surface area contributed by atoms with Crippen molar-refractivity contribution in [1.82, 2.24) is 15.2 Å². The van der Waals surface area contributed by atoms with E-state index in [2.05, 4.69) is 25.8 Å². The number of H-pyrrole nitrogens is 1. The summed E-state index contributed by atoms with van der Waals surface area (Å²) < 4.78 is 0. The Hall–Kier alpha value is -4.26. The second kappa shape index (κ2) is 8.40. The number of carbonyl (C=O) groups excluding carboxylic acids is 2. The Bertz CT molecular complexity index is 1180. The van der Waals surface area contributed by atoms with Crippen molar-refractivity contribution in [1.29, 1.82) is 0 Å². The summed E-state index contributed by atoms with van der Waals surface area (Å²) in [5.41, 5.74) is 3.10. The number of carbonyl (C=O) groups is 2. The number of rotatable bonds is 5. The number of amides is 2. The Morgan fingerprint density at radius 1 is 0.767 bits per heavy atom. The highest BCUT2D eigenvalue weighted by Crippen LogP contribution is 2.20. The van der Waals surface area contributed by atoms with Gasteiger partial charge in [0.1, 0.15) is 5.82 Å². The van der Waals surface area contributed by atoms with Crippen LogP contribution in [0.1, 0.15) is 26.5 Å².